The Hall–Kier alpha value is -2.33. The van der Waals surface area contributed by atoms with E-state index in [0.29, 0.717) is 21.7 Å². The Morgan fingerprint density at radius 2 is 1.95 bits per heavy atom. The summed E-state index contributed by atoms with van der Waals surface area (Å²) in [4.78, 5) is 20.1. The fraction of sp³-hybridized carbons (Fsp3) is 0. The van der Waals surface area contributed by atoms with Gasteiger partial charge in [-0.25, -0.2) is 9.38 Å². The number of benzene rings is 2. The average Bonchev–Trinajstić information content (AvgIpc) is 2.79. The number of hydrogen-bond donors (Lipinski definition) is 1. The maximum Gasteiger partial charge on any atom is 0.267 e. The van der Waals surface area contributed by atoms with Gasteiger partial charge in [0.2, 0.25) is 5.78 Å². The minimum atomic E-state index is -0.111. The number of rotatable bonds is 0. The molecule has 0 aliphatic carbocycles. The van der Waals surface area contributed by atoms with E-state index in [4.69, 9.17) is 11.6 Å². The van der Waals surface area contributed by atoms with Gasteiger partial charge in [0.15, 0.2) is 0 Å². The lowest BCUT2D eigenvalue weighted by atomic mass is 10.2. The molecule has 0 saturated carbocycles. The number of nitrogens with zero attached hydrogens (tertiary/aromatic N) is 2. The first-order valence-electron chi connectivity index (χ1n) is 5.83. The van der Waals surface area contributed by atoms with Crippen molar-refractivity contribution in [1.29, 1.82) is 0 Å². The molecule has 2 aromatic heterocycles. The number of halogens is 1. The number of fused-ring (bicyclic) bond motifs is 4. The Labute approximate surface area is 112 Å². The molecule has 19 heavy (non-hydrogen) atoms. The van der Waals surface area contributed by atoms with E-state index in [1.54, 1.807) is 22.6 Å². The van der Waals surface area contributed by atoms with Gasteiger partial charge in [-0.3, -0.25) is 4.79 Å². The summed E-state index contributed by atoms with van der Waals surface area (Å²) in [5, 5.41) is 1.01. The van der Waals surface area contributed by atoms with E-state index < -0.39 is 0 Å². The second kappa shape index (κ2) is 3.59. The molecular weight excluding hydrogens is 262 g/mol. The van der Waals surface area contributed by atoms with Crippen LogP contribution in [0.1, 0.15) is 0 Å². The molecule has 0 aliphatic rings. The van der Waals surface area contributed by atoms with Gasteiger partial charge in [0.25, 0.3) is 5.56 Å². The monoisotopic (exact) mass is 269 g/mol. The number of hydrogen-bond acceptors (Lipinski definition) is 2. The zero-order valence-corrected chi connectivity index (χ0v) is 10.5. The van der Waals surface area contributed by atoms with Crippen molar-refractivity contribution in [3.8, 4) is 0 Å². The molecule has 92 valence electrons. The maximum atomic E-state index is 12.6. The number of aromatic amines is 1. The highest BCUT2D eigenvalue weighted by atomic mass is 35.5. The van der Waals surface area contributed by atoms with Crippen LogP contribution < -0.4 is 5.56 Å². The largest absolute Gasteiger partial charge is 0.323 e. The topological polar surface area (TPSA) is 50.2 Å². The van der Waals surface area contributed by atoms with Crippen molar-refractivity contribution >= 4 is 39.3 Å². The summed E-state index contributed by atoms with van der Waals surface area (Å²) >= 11 is 6.10. The van der Waals surface area contributed by atoms with Gasteiger partial charge in [-0.1, -0.05) is 29.8 Å². The molecule has 4 rings (SSSR count). The molecular formula is C14H8ClN3O. The summed E-state index contributed by atoms with van der Waals surface area (Å²) in [6, 6.07) is 12.8. The molecule has 0 amide bonds. The molecule has 0 spiro atoms. The number of nitrogens with one attached hydrogen (secondary N) is 1. The van der Waals surface area contributed by atoms with Crippen molar-refractivity contribution in [3.63, 3.8) is 0 Å². The van der Waals surface area contributed by atoms with Crippen LogP contribution in [-0.4, -0.2) is 14.4 Å². The van der Waals surface area contributed by atoms with Crippen molar-refractivity contribution in [2.24, 2.45) is 0 Å². The lowest BCUT2D eigenvalue weighted by Crippen LogP contribution is -2.14. The molecule has 4 aromatic rings. The van der Waals surface area contributed by atoms with Crippen molar-refractivity contribution in [1.82, 2.24) is 14.4 Å². The number of H-pyrrole nitrogens is 1. The first kappa shape index (κ1) is 10.6. The van der Waals surface area contributed by atoms with Crippen LogP contribution in [0.4, 0.5) is 0 Å². The molecule has 4 nitrogen and oxygen atoms in total. The van der Waals surface area contributed by atoms with E-state index in [1.807, 2.05) is 24.3 Å². The molecule has 1 N–H and O–H groups in total. The summed E-state index contributed by atoms with van der Waals surface area (Å²) in [5.41, 5.74) is 2.11. The van der Waals surface area contributed by atoms with Gasteiger partial charge >= 0.3 is 0 Å². The van der Waals surface area contributed by atoms with Gasteiger partial charge in [0.1, 0.15) is 0 Å². The van der Waals surface area contributed by atoms with Gasteiger partial charge in [0.05, 0.1) is 27.0 Å². The van der Waals surface area contributed by atoms with Crippen LogP contribution in [0.5, 0.6) is 0 Å². The second-order valence-electron chi connectivity index (χ2n) is 4.35. The Morgan fingerprint density at radius 3 is 2.84 bits per heavy atom. The predicted octanol–water partition coefficient (Wildman–Crippen LogP) is 2.98. The van der Waals surface area contributed by atoms with Crippen molar-refractivity contribution in [2.45, 2.75) is 0 Å². The summed E-state index contributed by atoms with van der Waals surface area (Å²) < 4.78 is 1.58. The van der Waals surface area contributed by atoms with E-state index in [2.05, 4.69) is 9.97 Å². The predicted molar refractivity (Wildman–Crippen MR) is 75.8 cm³/mol. The number of imidazole rings is 1. The van der Waals surface area contributed by atoms with Gasteiger partial charge < -0.3 is 4.98 Å². The van der Waals surface area contributed by atoms with E-state index in [0.717, 1.165) is 11.0 Å². The Balaban J connectivity index is 2.38. The third-order valence-electron chi connectivity index (χ3n) is 3.24. The van der Waals surface area contributed by atoms with E-state index in [-0.39, 0.29) is 5.56 Å². The highest BCUT2D eigenvalue weighted by Crippen LogP contribution is 2.21. The molecule has 0 saturated heterocycles. The quantitative estimate of drug-likeness (QED) is 0.533. The first-order valence-corrected chi connectivity index (χ1v) is 6.21. The number of para-hydroxylation sites is 3. The Morgan fingerprint density at radius 1 is 1.11 bits per heavy atom. The fourth-order valence-electron chi connectivity index (χ4n) is 2.38. The number of aromatic nitrogens is 3. The van der Waals surface area contributed by atoms with Gasteiger partial charge in [-0.2, -0.15) is 0 Å². The van der Waals surface area contributed by atoms with E-state index >= 15 is 0 Å². The van der Waals surface area contributed by atoms with Crippen molar-refractivity contribution in [3.05, 3.63) is 57.8 Å². The molecule has 0 bridgehead atoms. The van der Waals surface area contributed by atoms with Crippen LogP contribution in [0, 0.1) is 0 Å². The van der Waals surface area contributed by atoms with Crippen LogP contribution in [0.3, 0.4) is 0 Å². The lowest BCUT2D eigenvalue weighted by Gasteiger charge is -2.00. The van der Waals surface area contributed by atoms with Crippen LogP contribution in [0.2, 0.25) is 5.02 Å². The SMILES string of the molecule is O=c1c2cccc(Cl)c2nc2[nH]c3ccccc3n12. The smallest absolute Gasteiger partial charge is 0.267 e. The van der Waals surface area contributed by atoms with Crippen LogP contribution in [0.25, 0.3) is 27.7 Å². The van der Waals surface area contributed by atoms with Crippen molar-refractivity contribution in [2.75, 3.05) is 0 Å². The average molecular weight is 270 g/mol. The molecule has 0 fully saturated rings. The van der Waals surface area contributed by atoms with Crippen LogP contribution in [-0.2, 0) is 0 Å². The second-order valence-corrected chi connectivity index (χ2v) is 4.76. The van der Waals surface area contributed by atoms with Gasteiger partial charge in [-0.05, 0) is 24.3 Å². The summed E-state index contributed by atoms with van der Waals surface area (Å²) in [6.07, 6.45) is 0. The Kier molecular flexibility index (Phi) is 2.00. The molecule has 0 aliphatic heterocycles. The van der Waals surface area contributed by atoms with Crippen LogP contribution >= 0.6 is 11.6 Å². The summed E-state index contributed by atoms with van der Waals surface area (Å²) in [5.74, 6) is 0.506. The normalized spacial score (nSPS) is 11.6. The van der Waals surface area contributed by atoms with E-state index in [1.165, 1.54) is 0 Å². The third kappa shape index (κ3) is 1.34. The van der Waals surface area contributed by atoms with Crippen molar-refractivity contribution < 1.29 is 0 Å². The minimum absolute atomic E-state index is 0.111. The molecule has 0 unspecified atom stereocenters. The summed E-state index contributed by atoms with van der Waals surface area (Å²) in [7, 11) is 0. The van der Waals surface area contributed by atoms with Gasteiger partial charge in [-0.15, -0.1) is 0 Å². The molecule has 5 heteroatoms. The highest BCUT2D eigenvalue weighted by Gasteiger charge is 2.11. The first-order chi connectivity index (χ1) is 9.25. The fourth-order valence-corrected chi connectivity index (χ4v) is 2.59. The third-order valence-corrected chi connectivity index (χ3v) is 3.55. The molecule has 2 heterocycles. The summed E-state index contributed by atoms with van der Waals surface area (Å²) in [6.45, 7) is 0. The highest BCUT2D eigenvalue weighted by molar-refractivity contribution is 6.35. The van der Waals surface area contributed by atoms with E-state index in [9.17, 15) is 4.79 Å². The maximum absolute atomic E-state index is 12.6. The zero-order valence-electron chi connectivity index (χ0n) is 9.72. The molecule has 2 aromatic carbocycles. The van der Waals surface area contributed by atoms with Crippen LogP contribution in [0.15, 0.2) is 47.3 Å². The molecule has 0 radical (unpaired) electrons. The lowest BCUT2D eigenvalue weighted by molar-refractivity contribution is 1.12. The van der Waals surface area contributed by atoms with Gasteiger partial charge in [0, 0.05) is 0 Å². The zero-order chi connectivity index (χ0) is 13.0. The minimum Gasteiger partial charge on any atom is -0.323 e. The standard InChI is InChI=1S/C14H8ClN3O/c15-9-5-3-4-8-12(9)17-14-16-10-6-1-2-7-11(10)18(14)13(8)19/h1-7H,(H,16,17). The molecule has 0 atom stereocenters. The Bertz CT molecular complexity index is 1000.